The Morgan fingerprint density at radius 2 is 1.83 bits per heavy atom. The molecule has 3 amide bonds. The first-order valence-electron chi connectivity index (χ1n) is 10.2. The molecule has 9 nitrogen and oxygen atoms in total. The molecule has 0 fully saturated rings. The maximum absolute atomic E-state index is 12.4. The van der Waals surface area contributed by atoms with Crippen LogP contribution in [0.2, 0.25) is 0 Å². The molecule has 1 heterocycles. The number of nitrogens with one attached hydrogen (secondary N) is 3. The number of hydrogen-bond acceptors (Lipinski definition) is 6. The SMILES string of the molecule is CCCCNC(=O)NC(=O)C[NH+]1CCc2cc(OC)c(OC)cc2[C@@H]1CC(=O)OC. The third-order valence-corrected chi connectivity index (χ3v) is 5.28. The first-order valence-corrected chi connectivity index (χ1v) is 10.2. The highest BCUT2D eigenvalue weighted by Gasteiger charge is 2.35. The standard InChI is InChI=1S/C21H31N3O6/c1-5-6-8-22-21(27)23-19(25)13-24-9-7-14-10-17(28-2)18(29-3)11-15(14)16(24)12-20(26)30-4/h10-11,16H,5-9,12-13H2,1-4H3,(H2,22,23,25,27)/p+1/t16-/m0/s1. The lowest BCUT2D eigenvalue weighted by molar-refractivity contribution is -0.925. The van der Waals surface area contributed by atoms with E-state index in [0.717, 1.165) is 28.9 Å². The van der Waals surface area contributed by atoms with Crippen LogP contribution in [-0.2, 0) is 20.7 Å². The number of hydrogen-bond donors (Lipinski definition) is 3. The molecule has 0 saturated carbocycles. The predicted molar refractivity (Wildman–Crippen MR) is 110 cm³/mol. The summed E-state index contributed by atoms with van der Waals surface area (Å²) in [6, 6.07) is 2.98. The van der Waals surface area contributed by atoms with Crippen molar-refractivity contribution in [2.24, 2.45) is 0 Å². The lowest BCUT2D eigenvalue weighted by atomic mass is 9.90. The van der Waals surface area contributed by atoms with Gasteiger partial charge in [-0.3, -0.25) is 14.9 Å². The number of ether oxygens (including phenoxy) is 3. The fourth-order valence-electron chi connectivity index (χ4n) is 3.68. The zero-order chi connectivity index (χ0) is 22.1. The number of esters is 1. The number of imide groups is 1. The zero-order valence-electron chi connectivity index (χ0n) is 18.1. The molecule has 2 rings (SSSR count). The molecule has 30 heavy (non-hydrogen) atoms. The van der Waals surface area contributed by atoms with E-state index in [4.69, 9.17) is 14.2 Å². The van der Waals surface area contributed by atoms with Crippen molar-refractivity contribution in [2.45, 2.75) is 38.6 Å². The molecule has 1 aromatic rings. The monoisotopic (exact) mass is 422 g/mol. The molecule has 0 radical (unpaired) electrons. The number of benzene rings is 1. The van der Waals surface area contributed by atoms with E-state index in [1.807, 2.05) is 19.1 Å². The Kier molecular flexibility index (Phi) is 8.91. The molecule has 0 saturated heterocycles. The second kappa shape index (κ2) is 11.4. The Labute approximate surface area is 177 Å². The molecule has 1 unspecified atom stereocenters. The van der Waals surface area contributed by atoms with Gasteiger partial charge < -0.3 is 24.4 Å². The van der Waals surface area contributed by atoms with E-state index in [2.05, 4.69) is 10.6 Å². The number of rotatable bonds is 9. The summed E-state index contributed by atoms with van der Waals surface area (Å²) in [5.41, 5.74) is 1.96. The normalized spacial score (nSPS) is 17.5. The van der Waals surface area contributed by atoms with Gasteiger partial charge >= 0.3 is 12.0 Å². The quantitative estimate of drug-likeness (QED) is 0.392. The summed E-state index contributed by atoms with van der Waals surface area (Å²) >= 11 is 0. The average molecular weight is 423 g/mol. The van der Waals surface area contributed by atoms with Crippen LogP contribution >= 0.6 is 0 Å². The number of quaternary nitrogens is 1. The van der Waals surface area contributed by atoms with Crippen LogP contribution in [0.1, 0.15) is 43.4 Å². The minimum atomic E-state index is -0.499. The van der Waals surface area contributed by atoms with Gasteiger partial charge in [-0.2, -0.15) is 0 Å². The van der Waals surface area contributed by atoms with Crippen molar-refractivity contribution < 1.29 is 33.5 Å². The highest BCUT2D eigenvalue weighted by molar-refractivity contribution is 5.94. The molecule has 1 aliphatic heterocycles. The molecule has 1 aromatic carbocycles. The van der Waals surface area contributed by atoms with Gasteiger partial charge in [0.05, 0.1) is 27.9 Å². The molecule has 2 atom stereocenters. The number of urea groups is 1. The largest absolute Gasteiger partial charge is 0.493 e. The predicted octanol–water partition coefficient (Wildman–Crippen LogP) is 0.375. The molecule has 1 aliphatic rings. The molecular formula is C21H32N3O6+. The Morgan fingerprint density at radius 1 is 1.13 bits per heavy atom. The smallest absolute Gasteiger partial charge is 0.321 e. The van der Waals surface area contributed by atoms with E-state index in [-0.39, 0.29) is 25.0 Å². The van der Waals surface area contributed by atoms with Crippen LogP contribution in [0.5, 0.6) is 11.5 Å². The molecule has 0 aromatic heterocycles. The van der Waals surface area contributed by atoms with Crippen LogP contribution < -0.4 is 25.0 Å². The van der Waals surface area contributed by atoms with E-state index in [1.54, 1.807) is 14.2 Å². The Hall–Kier alpha value is -2.81. The second-order valence-electron chi connectivity index (χ2n) is 7.23. The van der Waals surface area contributed by atoms with Crippen molar-refractivity contribution in [1.82, 2.24) is 10.6 Å². The first-order chi connectivity index (χ1) is 14.4. The van der Waals surface area contributed by atoms with Crippen molar-refractivity contribution in [3.8, 4) is 11.5 Å². The fourth-order valence-corrected chi connectivity index (χ4v) is 3.68. The van der Waals surface area contributed by atoms with Crippen LogP contribution in [0, 0.1) is 0 Å². The molecular weight excluding hydrogens is 390 g/mol. The van der Waals surface area contributed by atoms with Crippen molar-refractivity contribution in [2.75, 3.05) is 41.0 Å². The molecule has 166 valence electrons. The third kappa shape index (κ3) is 6.09. The van der Waals surface area contributed by atoms with Gasteiger partial charge in [-0.05, 0) is 24.1 Å². The topological polar surface area (TPSA) is 107 Å². The van der Waals surface area contributed by atoms with Crippen molar-refractivity contribution in [3.05, 3.63) is 23.3 Å². The summed E-state index contributed by atoms with van der Waals surface area (Å²) in [5.74, 6) is 0.431. The molecule has 0 bridgehead atoms. The van der Waals surface area contributed by atoms with Gasteiger partial charge in [0.1, 0.15) is 12.5 Å². The summed E-state index contributed by atoms with van der Waals surface area (Å²) < 4.78 is 15.7. The van der Waals surface area contributed by atoms with Gasteiger partial charge in [0.2, 0.25) is 0 Å². The fraction of sp³-hybridized carbons (Fsp3) is 0.571. The Morgan fingerprint density at radius 3 is 2.47 bits per heavy atom. The summed E-state index contributed by atoms with van der Waals surface area (Å²) in [7, 11) is 4.47. The highest BCUT2D eigenvalue weighted by Crippen LogP contribution is 2.35. The second-order valence-corrected chi connectivity index (χ2v) is 7.23. The van der Waals surface area contributed by atoms with Crippen LogP contribution in [0.3, 0.4) is 0 Å². The minimum absolute atomic E-state index is 0.0661. The number of methoxy groups -OCH3 is 3. The Bertz CT molecular complexity index is 767. The van der Waals surface area contributed by atoms with Gasteiger partial charge in [-0.15, -0.1) is 0 Å². The van der Waals surface area contributed by atoms with Crippen LogP contribution in [0.15, 0.2) is 12.1 Å². The van der Waals surface area contributed by atoms with Crippen LogP contribution in [-0.4, -0.2) is 58.9 Å². The van der Waals surface area contributed by atoms with Gasteiger partial charge in [0.15, 0.2) is 18.0 Å². The number of fused-ring (bicyclic) bond motifs is 1. The molecule has 0 spiro atoms. The van der Waals surface area contributed by atoms with Crippen molar-refractivity contribution >= 4 is 17.9 Å². The van der Waals surface area contributed by atoms with Crippen LogP contribution in [0.25, 0.3) is 0 Å². The molecule has 3 N–H and O–H groups in total. The summed E-state index contributed by atoms with van der Waals surface area (Å²) in [6.07, 6.45) is 2.63. The number of carbonyl (C=O) groups excluding carboxylic acids is 3. The molecule has 9 heteroatoms. The number of carbonyl (C=O) groups is 3. The summed E-state index contributed by atoms with van der Waals surface area (Å²) in [4.78, 5) is 37.3. The van der Waals surface area contributed by atoms with Gasteiger partial charge in [0.25, 0.3) is 5.91 Å². The van der Waals surface area contributed by atoms with Crippen molar-refractivity contribution in [3.63, 3.8) is 0 Å². The summed E-state index contributed by atoms with van der Waals surface area (Å²) in [6.45, 7) is 3.24. The molecule has 0 aliphatic carbocycles. The van der Waals surface area contributed by atoms with E-state index < -0.39 is 11.9 Å². The highest BCUT2D eigenvalue weighted by atomic mass is 16.5. The van der Waals surface area contributed by atoms with Crippen LogP contribution in [0.4, 0.5) is 4.79 Å². The van der Waals surface area contributed by atoms with E-state index in [0.29, 0.717) is 31.0 Å². The lowest BCUT2D eigenvalue weighted by Crippen LogP contribution is -3.14. The lowest BCUT2D eigenvalue weighted by Gasteiger charge is -2.34. The van der Waals surface area contributed by atoms with E-state index in [9.17, 15) is 14.4 Å². The van der Waals surface area contributed by atoms with Gasteiger partial charge in [-0.1, -0.05) is 13.3 Å². The number of amides is 3. The number of unbranched alkanes of at least 4 members (excludes halogenated alkanes) is 1. The van der Waals surface area contributed by atoms with E-state index in [1.165, 1.54) is 7.11 Å². The maximum atomic E-state index is 12.4. The maximum Gasteiger partial charge on any atom is 0.321 e. The zero-order valence-corrected chi connectivity index (χ0v) is 18.1. The Balaban J connectivity index is 2.18. The third-order valence-electron chi connectivity index (χ3n) is 5.28. The van der Waals surface area contributed by atoms with Gasteiger partial charge in [-0.25, -0.2) is 4.79 Å². The van der Waals surface area contributed by atoms with E-state index >= 15 is 0 Å². The summed E-state index contributed by atoms with van der Waals surface area (Å²) in [5, 5.41) is 5.03. The van der Waals surface area contributed by atoms with Gasteiger partial charge in [0, 0.05) is 18.5 Å². The first kappa shape index (κ1) is 23.5. The minimum Gasteiger partial charge on any atom is -0.493 e. The average Bonchev–Trinajstić information content (AvgIpc) is 2.74. The van der Waals surface area contributed by atoms with Crippen molar-refractivity contribution in [1.29, 1.82) is 0 Å².